The van der Waals surface area contributed by atoms with Crippen molar-refractivity contribution in [3.8, 4) is 0 Å². The number of rotatable bonds is 18. The first-order chi connectivity index (χ1) is 16.1. The van der Waals surface area contributed by atoms with Crippen LogP contribution in [-0.2, 0) is 0 Å². The molecule has 0 unspecified atom stereocenters. The van der Waals surface area contributed by atoms with Gasteiger partial charge in [-0.1, -0.05) is 90.4 Å². The Morgan fingerprint density at radius 3 is 1.94 bits per heavy atom. The summed E-state index contributed by atoms with van der Waals surface area (Å²) in [5.41, 5.74) is 7.12. The van der Waals surface area contributed by atoms with Gasteiger partial charge >= 0.3 is 0 Å². The quantitative estimate of drug-likeness (QED) is 0.244. The molecule has 0 radical (unpaired) electrons. The standard InChI is InChI=1S/C27H52N6/c1-4-5-6-7-8-9-10-11-12-13-14-15-16-17-20-29-26-25(28)27(31-23-30-26)33(3)24-18-21-32(2)22-19-24/h23-24H,4-22,28H2,1-3H3,(H,29,30,31). The molecule has 3 N–H and O–H groups in total. The zero-order valence-electron chi connectivity index (χ0n) is 22.0. The second-order valence-corrected chi connectivity index (χ2v) is 10.1. The first kappa shape index (κ1) is 27.7. The molecule has 1 aromatic heterocycles. The summed E-state index contributed by atoms with van der Waals surface area (Å²) in [5, 5.41) is 3.45. The van der Waals surface area contributed by atoms with Crippen LogP contribution in [0.2, 0.25) is 0 Å². The van der Waals surface area contributed by atoms with Gasteiger partial charge in [0.15, 0.2) is 11.6 Å². The number of anilines is 3. The molecule has 1 aromatic rings. The van der Waals surface area contributed by atoms with Crippen molar-refractivity contribution in [2.24, 2.45) is 0 Å². The van der Waals surface area contributed by atoms with Crippen molar-refractivity contribution in [2.75, 3.05) is 49.7 Å². The van der Waals surface area contributed by atoms with Crippen LogP contribution in [0.4, 0.5) is 17.3 Å². The van der Waals surface area contributed by atoms with Crippen molar-refractivity contribution in [1.29, 1.82) is 0 Å². The molecule has 0 aromatic carbocycles. The maximum atomic E-state index is 6.44. The Kier molecular flexibility index (Phi) is 14.2. The fourth-order valence-electron chi connectivity index (χ4n) is 4.89. The van der Waals surface area contributed by atoms with E-state index in [0.29, 0.717) is 11.7 Å². The largest absolute Gasteiger partial charge is 0.393 e. The van der Waals surface area contributed by atoms with E-state index in [1.165, 1.54) is 89.9 Å². The molecule has 1 saturated heterocycles. The van der Waals surface area contributed by atoms with Crippen molar-refractivity contribution in [2.45, 2.75) is 116 Å². The average Bonchev–Trinajstić information content (AvgIpc) is 2.82. The molecule has 2 rings (SSSR count). The van der Waals surface area contributed by atoms with E-state index >= 15 is 0 Å². The summed E-state index contributed by atoms with van der Waals surface area (Å²) in [4.78, 5) is 13.5. The second-order valence-electron chi connectivity index (χ2n) is 10.1. The van der Waals surface area contributed by atoms with Crippen LogP contribution in [0, 0.1) is 0 Å². The minimum Gasteiger partial charge on any atom is -0.393 e. The van der Waals surface area contributed by atoms with E-state index in [9.17, 15) is 0 Å². The van der Waals surface area contributed by atoms with Crippen molar-refractivity contribution in [3.05, 3.63) is 6.33 Å². The van der Waals surface area contributed by atoms with Crippen molar-refractivity contribution in [1.82, 2.24) is 14.9 Å². The van der Waals surface area contributed by atoms with Gasteiger partial charge in [0.05, 0.1) is 0 Å². The average molecular weight is 461 g/mol. The molecule has 1 aliphatic rings. The fraction of sp³-hybridized carbons (Fsp3) is 0.852. The van der Waals surface area contributed by atoms with Gasteiger partial charge < -0.3 is 20.9 Å². The number of nitrogens with zero attached hydrogens (tertiary/aromatic N) is 4. The van der Waals surface area contributed by atoms with Gasteiger partial charge in [-0.15, -0.1) is 0 Å². The first-order valence-corrected chi connectivity index (χ1v) is 13.9. The molecule has 1 aliphatic heterocycles. The highest BCUT2D eigenvalue weighted by atomic mass is 15.2. The molecule has 1 fully saturated rings. The summed E-state index contributed by atoms with van der Waals surface area (Å²) < 4.78 is 0. The van der Waals surface area contributed by atoms with Gasteiger partial charge in [0.25, 0.3) is 0 Å². The molecule has 0 atom stereocenters. The second kappa shape index (κ2) is 17.0. The van der Waals surface area contributed by atoms with Crippen LogP contribution in [-0.4, -0.2) is 54.6 Å². The molecule has 33 heavy (non-hydrogen) atoms. The highest BCUT2D eigenvalue weighted by Crippen LogP contribution is 2.29. The van der Waals surface area contributed by atoms with E-state index in [2.05, 4.69) is 46.1 Å². The van der Waals surface area contributed by atoms with E-state index in [4.69, 9.17) is 5.73 Å². The number of piperidine rings is 1. The topological polar surface area (TPSA) is 70.3 Å². The normalized spacial score (nSPS) is 15.1. The predicted octanol–water partition coefficient (Wildman–Crippen LogP) is 6.48. The maximum absolute atomic E-state index is 6.44. The molecule has 0 spiro atoms. The van der Waals surface area contributed by atoms with E-state index < -0.39 is 0 Å². The number of nitrogens with one attached hydrogen (secondary N) is 1. The molecular formula is C27H52N6. The number of nitrogens with two attached hydrogens (primary N) is 1. The Labute approximate surface area is 204 Å². The monoisotopic (exact) mass is 460 g/mol. The van der Waals surface area contributed by atoms with Gasteiger partial charge in [-0.3, -0.25) is 0 Å². The molecule has 0 aliphatic carbocycles. The van der Waals surface area contributed by atoms with Gasteiger partial charge in [0.2, 0.25) is 0 Å². The predicted molar refractivity (Wildman–Crippen MR) is 144 cm³/mol. The summed E-state index contributed by atoms with van der Waals surface area (Å²) in [7, 11) is 4.31. The minimum atomic E-state index is 0.497. The highest BCUT2D eigenvalue weighted by Gasteiger charge is 2.23. The lowest BCUT2D eigenvalue weighted by atomic mass is 10.0. The van der Waals surface area contributed by atoms with Crippen LogP contribution < -0.4 is 16.0 Å². The third-order valence-corrected chi connectivity index (χ3v) is 7.26. The molecule has 2 heterocycles. The van der Waals surface area contributed by atoms with Crippen molar-refractivity contribution in [3.63, 3.8) is 0 Å². The molecule has 0 amide bonds. The van der Waals surface area contributed by atoms with Crippen LogP contribution in [0.1, 0.15) is 110 Å². The molecule has 6 nitrogen and oxygen atoms in total. The summed E-state index contributed by atoms with van der Waals surface area (Å²) in [6, 6.07) is 0.497. The number of unbranched alkanes of at least 4 members (excludes halogenated alkanes) is 13. The zero-order chi connectivity index (χ0) is 23.7. The molecule has 6 heteroatoms. The Hall–Kier alpha value is -1.56. The molecule has 0 bridgehead atoms. The molecular weight excluding hydrogens is 408 g/mol. The van der Waals surface area contributed by atoms with Crippen molar-refractivity contribution >= 4 is 17.3 Å². The number of hydrogen-bond donors (Lipinski definition) is 2. The summed E-state index contributed by atoms with van der Waals surface area (Å²) in [6.45, 7) is 5.47. The summed E-state index contributed by atoms with van der Waals surface area (Å²) in [6.07, 6.45) is 23.3. The van der Waals surface area contributed by atoms with Gasteiger partial charge in [-0.05, 0) is 39.4 Å². The first-order valence-electron chi connectivity index (χ1n) is 13.9. The lowest BCUT2D eigenvalue weighted by molar-refractivity contribution is 0.252. The number of likely N-dealkylation sites (tertiary alicyclic amines) is 1. The number of nitrogen functional groups attached to an aromatic ring is 1. The van der Waals surface area contributed by atoms with E-state index in [1.54, 1.807) is 6.33 Å². The third kappa shape index (κ3) is 10.9. The summed E-state index contributed by atoms with van der Waals surface area (Å²) >= 11 is 0. The lowest BCUT2D eigenvalue weighted by Gasteiger charge is -2.36. The van der Waals surface area contributed by atoms with Crippen LogP contribution in [0.3, 0.4) is 0 Å². The molecule has 190 valence electrons. The highest BCUT2D eigenvalue weighted by molar-refractivity contribution is 5.74. The van der Waals surface area contributed by atoms with Crippen LogP contribution >= 0.6 is 0 Å². The third-order valence-electron chi connectivity index (χ3n) is 7.26. The van der Waals surface area contributed by atoms with Crippen LogP contribution in [0.5, 0.6) is 0 Å². The Morgan fingerprint density at radius 2 is 1.39 bits per heavy atom. The summed E-state index contributed by atoms with van der Waals surface area (Å²) in [5.74, 6) is 1.65. The van der Waals surface area contributed by atoms with Gasteiger partial charge in [0, 0.05) is 19.6 Å². The number of hydrogen-bond acceptors (Lipinski definition) is 6. The Bertz CT molecular complexity index is 615. The van der Waals surface area contributed by atoms with E-state index in [0.717, 1.165) is 44.1 Å². The zero-order valence-corrected chi connectivity index (χ0v) is 22.0. The smallest absolute Gasteiger partial charge is 0.157 e. The van der Waals surface area contributed by atoms with Gasteiger partial charge in [-0.25, -0.2) is 9.97 Å². The fourth-order valence-corrected chi connectivity index (χ4v) is 4.89. The van der Waals surface area contributed by atoms with Gasteiger partial charge in [-0.2, -0.15) is 0 Å². The van der Waals surface area contributed by atoms with E-state index in [1.807, 2.05) is 0 Å². The van der Waals surface area contributed by atoms with Gasteiger partial charge in [0.1, 0.15) is 12.0 Å². The van der Waals surface area contributed by atoms with Crippen LogP contribution in [0.15, 0.2) is 6.33 Å². The lowest BCUT2D eigenvalue weighted by Crippen LogP contribution is -2.42. The van der Waals surface area contributed by atoms with Crippen molar-refractivity contribution < 1.29 is 0 Å². The Balaban J connectivity index is 1.51. The van der Waals surface area contributed by atoms with Crippen LogP contribution in [0.25, 0.3) is 0 Å². The minimum absolute atomic E-state index is 0.497. The number of aromatic nitrogens is 2. The molecule has 0 saturated carbocycles. The van der Waals surface area contributed by atoms with E-state index in [-0.39, 0.29) is 0 Å². The maximum Gasteiger partial charge on any atom is 0.157 e. The Morgan fingerprint density at radius 1 is 0.879 bits per heavy atom. The SMILES string of the molecule is CCCCCCCCCCCCCCCCNc1ncnc(N(C)C2CCN(C)CC2)c1N.